The van der Waals surface area contributed by atoms with Gasteiger partial charge in [0.25, 0.3) is 0 Å². The summed E-state index contributed by atoms with van der Waals surface area (Å²) >= 11 is 0. The van der Waals surface area contributed by atoms with Gasteiger partial charge in [-0.15, -0.1) is 6.58 Å². The molecule has 0 aliphatic carbocycles. The molecule has 0 atom stereocenters. The van der Waals surface area contributed by atoms with E-state index in [1.54, 1.807) is 0 Å². The SMILES string of the molecule is C=CCNc1ccc(C)cn1. The Morgan fingerprint density at radius 3 is 3.00 bits per heavy atom. The van der Waals surface area contributed by atoms with Crippen LogP contribution in [0.15, 0.2) is 31.0 Å². The lowest BCUT2D eigenvalue weighted by Crippen LogP contribution is -1.99. The Hall–Kier alpha value is -1.31. The molecule has 0 saturated heterocycles. The minimum absolute atomic E-state index is 0.760. The Kier molecular flexibility index (Phi) is 2.66. The molecule has 0 fully saturated rings. The maximum Gasteiger partial charge on any atom is 0.126 e. The Morgan fingerprint density at radius 1 is 1.64 bits per heavy atom. The van der Waals surface area contributed by atoms with Gasteiger partial charge in [0.15, 0.2) is 0 Å². The molecule has 1 N–H and O–H groups in total. The molecule has 0 aliphatic rings. The summed E-state index contributed by atoms with van der Waals surface area (Å²) in [5.74, 6) is 0.899. The quantitative estimate of drug-likeness (QED) is 0.663. The summed E-state index contributed by atoms with van der Waals surface area (Å²) in [6, 6.07) is 3.98. The van der Waals surface area contributed by atoms with Crippen molar-refractivity contribution in [2.24, 2.45) is 0 Å². The fourth-order valence-corrected chi connectivity index (χ4v) is 0.749. The molecular formula is C9H12N2. The van der Waals surface area contributed by atoms with Gasteiger partial charge in [-0.25, -0.2) is 4.98 Å². The molecule has 0 radical (unpaired) electrons. The maximum atomic E-state index is 4.16. The molecule has 0 amide bonds. The molecule has 1 heterocycles. The second-order valence-corrected chi connectivity index (χ2v) is 2.39. The molecule has 11 heavy (non-hydrogen) atoms. The van der Waals surface area contributed by atoms with Crippen molar-refractivity contribution < 1.29 is 0 Å². The second kappa shape index (κ2) is 3.76. The van der Waals surface area contributed by atoms with Gasteiger partial charge in [-0.1, -0.05) is 12.1 Å². The third-order valence-electron chi connectivity index (χ3n) is 1.34. The molecule has 2 nitrogen and oxygen atoms in total. The van der Waals surface area contributed by atoms with Crippen molar-refractivity contribution in [3.05, 3.63) is 36.5 Å². The van der Waals surface area contributed by atoms with Gasteiger partial charge >= 0.3 is 0 Å². The van der Waals surface area contributed by atoms with Gasteiger partial charge in [0.1, 0.15) is 5.82 Å². The van der Waals surface area contributed by atoms with Crippen molar-refractivity contribution >= 4 is 5.82 Å². The zero-order chi connectivity index (χ0) is 8.10. The molecule has 1 rings (SSSR count). The van der Waals surface area contributed by atoms with Crippen LogP contribution in [0.2, 0.25) is 0 Å². The largest absolute Gasteiger partial charge is 0.367 e. The number of anilines is 1. The molecular weight excluding hydrogens is 136 g/mol. The second-order valence-electron chi connectivity index (χ2n) is 2.39. The lowest BCUT2D eigenvalue weighted by molar-refractivity contribution is 1.21. The van der Waals surface area contributed by atoms with E-state index in [1.807, 2.05) is 31.3 Å². The number of hydrogen-bond donors (Lipinski definition) is 1. The van der Waals surface area contributed by atoms with Crippen LogP contribution < -0.4 is 5.32 Å². The zero-order valence-corrected chi connectivity index (χ0v) is 6.67. The van der Waals surface area contributed by atoms with E-state index in [1.165, 1.54) is 5.56 Å². The summed E-state index contributed by atoms with van der Waals surface area (Å²) in [7, 11) is 0. The monoisotopic (exact) mass is 148 g/mol. The van der Waals surface area contributed by atoms with Gasteiger partial charge < -0.3 is 5.32 Å². The van der Waals surface area contributed by atoms with Crippen molar-refractivity contribution in [3.8, 4) is 0 Å². The first-order chi connectivity index (χ1) is 5.33. The number of nitrogens with zero attached hydrogens (tertiary/aromatic N) is 1. The predicted octanol–water partition coefficient (Wildman–Crippen LogP) is 1.99. The number of hydrogen-bond acceptors (Lipinski definition) is 2. The number of pyridine rings is 1. The lowest BCUT2D eigenvalue weighted by atomic mass is 10.3. The summed E-state index contributed by atoms with van der Waals surface area (Å²) in [6.45, 7) is 6.38. The topological polar surface area (TPSA) is 24.9 Å². The van der Waals surface area contributed by atoms with Crippen molar-refractivity contribution in [1.29, 1.82) is 0 Å². The van der Waals surface area contributed by atoms with Gasteiger partial charge in [0.05, 0.1) is 0 Å². The average molecular weight is 148 g/mol. The fourth-order valence-electron chi connectivity index (χ4n) is 0.749. The van der Waals surface area contributed by atoms with Crippen LogP contribution in [0.4, 0.5) is 5.82 Å². The van der Waals surface area contributed by atoms with Crippen LogP contribution in [-0.2, 0) is 0 Å². The molecule has 2 heteroatoms. The van der Waals surface area contributed by atoms with E-state index >= 15 is 0 Å². The third kappa shape index (κ3) is 2.42. The first-order valence-corrected chi connectivity index (χ1v) is 3.60. The minimum atomic E-state index is 0.760. The average Bonchev–Trinajstić information content (AvgIpc) is 2.04. The fraction of sp³-hybridized carbons (Fsp3) is 0.222. The first kappa shape index (κ1) is 7.79. The summed E-state index contributed by atoms with van der Waals surface area (Å²) in [6.07, 6.45) is 3.65. The van der Waals surface area contributed by atoms with E-state index in [0.717, 1.165) is 12.4 Å². The highest BCUT2D eigenvalue weighted by molar-refractivity contribution is 5.35. The normalized spacial score (nSPS) is 9.18. The molecule has 0 spiro atoms. The van der Waals surface area contributed by atoms with E-state index in [0.29, 0.717) is 0 Å². The van der Waals surface area contributed by atoms with Crippen molar-refractivity contribution in [2.75, 3.05) is 11.9 Å². The van der Waals surface area contributed by atoms with Crippen LogP contribution in [0, 0.1) is 6.92 Å². The molecule has 1 aromatic heterocycles. The van der Waals surface area contributed by atoms with Gasteiger partial charge in [-0.2, -0.15) is 0 Å². The Bertz CT molecular complexity index is 226. The van der Waals surface area contributed by atoms with Crippen LogP contribution in [0.1, 0.15) is 5.56 Å². The molecule has 0 bridgehead atoms. The Labute approximate surface area is 67.0 Å². The van der Waals surface area contributed by atoms with E-state index in [4.69, 9.17) is 0 Å². The number of nitrogens with one attached hydrogen (secondary N) is 1. The van der Waals surface area contributed by atoms with Crippen LogP contribution in [0.5, 0.6) is 0 Å². The highest BCUT2D eigenvalue weighted by Gasteiger charge is 1.88. The van der Waals surface area contributed by atoms with Crippen molar-refractivity contribution in [3.63, 3.8) is 0 Å². The van der Waals surface area contributed by atoms with Gasteiger partial charge in [0.2, 0.25) is 0 Å². The van der Waals surface area contributed by atoms with E-state index in [-0.39, 0.29) is 0 Å². The maximum absolute atomic E-state index is 4.16. The van der Waals surface area contributed by atoms with Crippen LogP contribution in [0.25, 0.3) is 0 Å². The summed E-state index contributed by atoms with van der Waals surface area (Å²) < 4.78 is 0. The number of aryl methyl sites for hydroxylation is 1. The van der Waals surface area contributed by atoms with Gasteiger partial charge in [0, 0.05) is 12.7 Å². The molecule has 0 aromatic carbocycles. The lowest BCUT2D eigenvalue weighted by Gasteiger charge is -2.00. The summed E-state index contributed by atoms with van der Waals surface area (Å²) in [5.41, 5.74) is 1.18. The third-order valence-corrected chi connectivity index (χ3v) is 1.34. The van der Waals surface area contributed by atoms with E-state index in [2.05, 4.69) is 16.9 Å². The zero-order valence-electron chi connectivity index (χ0n) is 6.67. The van der Waals surface area contributed by atoms with Crippen molar-refractivity contribution in [1.82, 2.24) is 4.98 Å². The molecule has 0 unspecified atom stereocenters. The van der Waals surface area contributed by atoms with E-state index < -0.39 is 0 Å². The highest BCUT2D eigenvalue weighted by atomic mass is 15.0. The number of rotatable bonds is 3. The van der Waals surface area contributed by atoms with Gasteiger partial charge in [-0.3, -0.25) is 0 Å². The molecule has 0 aliphatic heterocycles. The van der Waals surface area contributed by atoms with Crippen LogP contribution >= 0.6 is 0 Å². The minimum Gasteiger partial charge on any atom is -0.367 e. The van der Waals surface area contributed by atoms with E-state index in [9.17, 15) is 0 Å². The Balaban J connectivity index is 2.58. The van der Waals surface area contributed by atoms with Gasteiger partial charge in [-0.05, 0) is 18.6 Å². The van der Waals surface area contributed by atoms with Crippen LogP contribution in [0.3, 0.4) is 0 Å². The first-order valence-electron chi connectivity index (χ1n) is 3.60. The smallest absolute Gasteiger partial charge is 0.126 e. The molecule has 0 saturated carbocycles. The van der Waals surface area contributed by atoms with Crippen LogP contribution in [-0.4, -0.2) is 11.5 Å². The van der Waals surface area contributed by atoms with Crippen molar-refractivity contribution in [2.45, 2.75) is 6.92 Å². The Morgan fingerprint density at radius 2 is 2.45 bits per heavy atom. The molecule has 1 aromatic rings. The summed E-state index contributed by atoms with van der Waals surface area (Å²) in [5, 5.41) is 3.09. The summed E-state index contributed by atoms with van der Waals surface area (Å²) in [4.78, 5) is 4.16. The molecule has 58 valence electrons. The number of aromatic nitrogens is 1. The predicted molar refractivity (Wildman–Crippen MR) is 47.7 cm³/mol. The highest BCUT2D eigenvalue weighted by Crippen LogP contribution is 2.02. The standard InChI is InChI=1S/C9H12N2/c1-3-6-10-9-5-4-8(2)7-11-9/h3-5,7H,1,6H2,2H3,(H,10,11).